The fourth-order valence-electron chi connectivity index (χ4n) is 2.13. The highest BCUT2D eigenvalue weighted by atomic mass is 32.1. The number of amides is 1. The maximum absolute atomic E-state index is 12.2. The predicted molar refractivity (Wildman–Crippen MR) is 95.2 cm³/mol. The van der Waals surface area contributed by atoms with Gasteiger partial charge >= 0.3 is 0 Å². The number of nitrogens with one attached hydrogen (secondary N) is 1. The SMILES string of the molecule is COc1ccc(-c2csc(NC(=O)c3ccc([N+](=O)[O-])cc3)n2)cc1. The first-order chi connectivity index (χ1) is 12.1. The Morgan fingerprint density at radius 3 is 2.44 bits per heavy atom. The standard InChI is InChI=1S/C17H13N3O4S/c1-24-14-8-4-11(5-9-14)15-10-25-17(18-15)19-16(21)12-2-6-13(7-3-12)20(22)23/h2-10H,1H3,(H,18,19,21). The predicted octanol–water partition coefficient (Wildman–Crippen LogP) is 3.98. The molecule has 3 aromatic rings. The van der Waals surface area contributed by atoms with Gasteiger partial charge in [-0.1, -0.05) is 0 Å². The summed E-state index contributed by atoms with van der Waals surface area (Å²) < 4.78 is 5.12. The van der Waals surface area contributed by atoms with E-state index in [-0.39, 0.29) is 11.6 Å². The third kappa shape index (κ3) is 3.81. The molecule has 1 amide bonds. The Labute approximate surface area is 147 Å². The molecular weight excluding hydrogens is 342 g/mol. The van der Waals surface area contributed by atoms with Gasteiger partial charge in [0.1, 0.15) is 5.75 Å². The number of carbonyl (C=O) groups is 1. The van der Waals surface area contributed by atoms with Gasteiger partial charge in [-0.25, -0.2) is 4.98 Å². The second-order valence-corrected chi connectivity index (χ2v) is 5.88. The molecule has 0 aliphatic heterocycles. The lowest BCUT2D eigenvalue weighted by Gasteiger charge is -2.02. The summed E-state index contributed by atoms with van der Waals surface area (Å²) in [4.78, 5) is 26.7. The lowest BCUT2D eigenvalue weighted by Crippen LogP contribution is -2.11. The third-order valence-corrected chi connectivity index (χ3v) is 4.21. The summed E-state index contributed by atoms with van der Waals surface area (Å²) in [5.41, 5.74) is 1.92. The molecule has 1 heterocycles. The van der Waals surface area contributed by atoms with Crippen molar-refractivity contribution in [2.45, 2.75) is 0 Å². The minimum Gasteiger partial charge on any atom is -0.497 e. The van der Waals surface area contributed by atoms with E-state index in [1.807, 2.05) is 29.6 Å². The van der Waals surface area contributed by atoms with Gasteiger partial charge in [0.05, 0.1) is 17.7 Å². The molecule has 25 heavy (non-hydrogen) atoms. The van der Waals surface area contributed by atoms with E-state index in [9.17, 15) is 14.9 Å². The highest BCUT2D eigenvalue weighted by molar-refractivity contribution is 7.14. The molecule has 7 nitrogen and oxygen atoms in total. The Kier molecular flexibility index (Phi) is 4.71. The van der Waals surface area contributed by atoms with E-state index >= 15 is 0 Å². The number of hydrogen-bond donors (Lipinski definition) is 1. The Balaban J connectivity index is 1.71. The summed E-state index contributed by atoms with van der Waals surface area (Å²) in [6, 6.07) is 12.8. The van der Waals surface area contributed by atoms with Crippen molar-refractivity contribution in [2.24, 2.45) is 0 Å². The van der Waals surface area contributed by atoms with Crippen LogP contribution >= 0.6 is 11.3 Å². The van der Waals surface area contributed by atoms with E-state index in [2.05, 4.69) is 10.3 Å². The van der Waals surface area contributed by atoms with Crippen LogP contribution in [0.15, 0.2) is 53.9 Å². The molecule has 2 aromatic carbocycles. The molecule has 0 fully saturated rings. The first kappa shape index (κ1) is 16.6. The molecule has 1 N–H and O–H groups in total. The molecule has 0 saturated carbocycles. The quantitative estimate of drug-likeness (QED) is 0.552. The lowest BCUT2D eigenvalue weighted by molar-refractivity contribution is -0.384. The van der Waals surface area contributed by atoms with Crippen molar-refractivity contribution < 1.29 is 14.5 Å². The Hall–Kier alpha value is -3.26. The average molecular weight is 355 g/mol. The molecule has 3 rings (SSSR count). The van der Waals surface area contributed by atoms with E-state index in [1.54, 1.807) is 7.11 Å². The van der Waals surface area contributed by atoms with Crippen LogP contribution in [0.1, 0.15) is 10.4 Å². The van der Waals surface area contributed by atoms with Crippen LogP contribution in [0.2, 0.25) is 0 Å². The second-order valence-electron chi connectivity index (χ2n) is 5.02. The van der Waals surface area contributed by atoms with Gasteiger partial charge in [0.25, 0.3) is 11.6 Å². The van der Waals surface area contributed by atoms with Crippen LogP contribution in [0.25, 0.3) is 11.3 Å². The number of aromatic nitrogens is 1. The molecule has 0 saturated heterocycles. The number of nitro benzene ring substituents is 1. The first-order valence-corrected chi connectivity index (χ1v) is 8.10. The molecule has 0 aliphatic carbocycles. The van der Waals surface area contributed by atoms with E-state index in [4.69, 9.17) is 4.74 Å². The fourth-order valence-corrected chi connectivity index (χ4v) is 2.84. The lowest BCUT2D eigenvalue weighted by atomic mass is 10.2. The van der Waals surface area contributed by atoms with Gasteiger partial charge in [-0.15, -0.1) is 11.3 Å². The van der Waals surface area contributed by atoms with Gasteiger partial charge in [-0.3, -0.25) is 20.2 Å². The Morgan fingerprint density at radius 1 is 1.16 bits per heavy atom. The minimum absolute atomic E-state index is 0.0624. The molecular formula is C17H13N3O4S. The molecule has 0 atom stereocenters. The van der Waals surface area contributed by atoms with E-state index in [0.717, 1.165) is 17.0 Å². The molecule has 126 valence electrons. The summed E-state index contributed by atoms with van der Waals surface area (Å²) in [5, 5.41) is 15.6. The van der Waals surface area contributed by atoms with Gasteiger partial charge in [0.15, 0.2) is 5.13 Å². The van der Waals surface area contributed by atoms with Crippen LogP contribution < -0.4 is 10.1 Å². The highest BCUT2D eigenvalue weighted by Crippen LogP contribution is 2.26. The minimum atomic E-state index is -0.510. The van der Waals surface area contributed by atoms with E-state index in [0.29, 0.717) is 10.7 Å². The van der Waals surface area contributed by atoms with Crippen LogP contribution in [0.5, 0.6) is 5.75 Å². The van der Waals surface area contributed by atoms with Gasteiger partial charge < -0.3 is 4.74 Å². The molecule has 0 aliphatic rings. The van der Waals surface area contributed by atoms with Gasteiger partial charge in [-0.2, -0.15) is 0 Å². The highest BCUT2D eigenvalue weighted by Gasteiger charge is 2.12. The molecule has 0 spiro atoms. The van der Waals surface area contributed by atoms with Crippen LogP contribution in [0.4, 0.5) is 10.8 Å². The number of nitrogens with zero attached hydrogens (tertiary/aromatic N) is 2. The summed E-state index contributed by atoms with van der Waals surface area (Å²) in [5.74, 6) is 0.385. The number of anilines is 1. The molecule has 0 bridgehead atoms. The zero-order valence-electron chi connectivity index (χ0n) is 13.1. The molecule has 1 aromatic heterocycles. The third-order valence-electron chi connectivity index (χ3n) is 3.45. The average Bonchev–Trinajstić information content (AvgIpc) is 3.10. The molecule has 8 heteroatoms. The summed E-state index contributed by atoms with van der Waals surface area (Å²) in [6.45, 7) is 0. The number of thiazole rings is 1. The second kappa shape index (κ2) is 7.10. The fraction of sp³-hybridized carbons (Fsp3) is 0.0588. The summed E-state index contributed by atoms with van der Waals surface area (Å²) in [7, 11) is 1.60. The number of benzene rings is 2. The summed E-state index contributed by atoms with van der Waals surface area (Å²) in [6.07, 6.45) is 0. The first-order valence-electron chi connectivity index (χ1n) is 7.22. The number of methoxy groups -OCH3 is 1. The van der Waals surface area contributed by atoms with Crippen LogP contribution in [-0.2, 0) is 0 Å². The number of hydrogen-bond acceptors (Lipinski definition) is 6. The number of rotatable bonds is 5. The molecule has 0 unspecified atom stereocenters. The molecule has 0 radical (unpaired) electrons. The van der Waals surface area contributed by atoms with E-state index in [1.165, 1.54) is 35.6 Å². The smallest absolute Gasteiger partial charge is 0.269 e. The normalized spacial score (nSPS) is 10.3. The topological polar surface area (TPSA) is 94.4 Å². The maximum atomic E-state index is 12.2. The van der Waals surface area contributed by atoms with E-state index < -0.39 is 4.92 Å². The monoisotopic (exact) mass is 355 g/mol. The van der Waals surface area contributed by atoms with Crippen LogP contribution in [-0.4, -0.2) is 22.9 Å². The zero-order chi connectivity index (χ0) is 17.8. The largest absolute Gasteiger partial charge is 0.497 e. The van der Waals surface area contributed by atoms with Gasteiger partial charge in [-0.05, 0) is 36.4 Å². The van der Waals surface area contributed by atoms with Crippen molar-refractivity contribution in [3.63, 3.8) is 0 Å². The Bertz CT molecular complexity index is 904. The Morgan fingerprint density at radius 2 is 1.84 bits per heavy atom. The van der Waals surface area contributed by atoms with Crippen molar-refractivity contribution in [3.8, 4) is 17.0 Å². The number of nitro groups is 1. The van der Waals surface area contributed by atoms with Gasteiger partial charge in [0, 0.05) is 28.6 Å². The van der Waals surface area contributed by atoms with Gasteiger partial charge in [0.2, 0.25) is 0 Å². The van der Waals surface area contributed by atoms with Crippen LogP contribution in [0, 0.1) is 10.1 Å². The summed E-state index contributed by atoms with van der Waals surface area (Å²) >= 11 is 1.30. The number of ether oxygens (including phenoxy) is 1. The van der Waals surface area contributed by atoms with Crippen molar-refractivity contribution in [3.05, 3.63) is 69.6 Å². The zero-order valence-corrected chi connectivity index (χ0v) is 13.9. The number of carbonyl (C=O) groups excluding carboxylic acids is 1. The van der Waals surface area contributed by atoms with Crippen molar-refractivity contribution in [1.29, 1.82) is 0 Å². The maximum Gasteiger partial charge on any atom is 0.269 e. The van der Waals surface area contributed by atoms with Crippen LogP contribution in [0.3, 0.4) is 0 Å². The number of non-ortho nitro benzene ring substituents is 1. The van der Waals surface area contributed by atoms with Crippen molar-refractivity contribution in [2.75, 3.05) is 12.4 Å². The van der Waals surface area contributed by atoms with Crippen molar-refractivity contribution >= 4 is 28.1 Å². The van der Waals surface area contributed by atoms with Crippen molar-refractivity contribution in [1.82, 2.24) is 4.98 Å².